The van der Waals surface area contributed by atoms with Gasteiger partial charge in [-0.2, -0.15) is 0 Å². The molecule has 390 valence electrons. The zero-order valence-electron chi connectivity index (χ0n) is 44.5. The molecule has 69 heavy (non-hydrogen) atoms. The topological polar surface area (TPSA) is 78.9 Å². The van der Waals surface area contributed by atoms with Gasteiger partial charge in [-0.25, -0.2) is 0 Å². The Morgan fingerprint density at radius 3 is 0.957 bits per heavy atom. The lowest BCUT2D eigenvalue weighted by atomic mass is 10.1. The molecule has 0 N–H and O–H groups in total. The van der Waals surface area contributed by atoms with Crippen LogP contribution in [0.25, 0.3) is 0 Å². The van der Waals surface area contributed by atoms with Crippen molar-refractivity contribution in [2.24, 2.45) is 0 Å². The minimum Gasteiger partial charge on any atom is -0.462 e. The number of carbonyl (C=O) groups is 3. The lowest BCUT2D eigenvalue weighted by Crippen LogP contribution is -2.30. The molecule has 0 aliphatic heterocycles. The number of allylic oxidation sites excluding steroid dienone is 20. The summed E-state index contributed by atoms with van der Waals surface area (Å²) >= 11 is 0. The van der Waals surface area contributed by atoms with E-state index in [1.165, 1.54) is 89.9 Å². The summed E-state index contributed by atoms with van der Waals surface area (Å²) in [6, 6.07) is 0. The molecule has 0 radical (unpaired) electrons. The van der Waals surface area contributed by atoms with Gasteiger partial charge in [0.25, 0.3) is 0 Å². The Hall–Kier alpha value is -4.19. The van der Waals surface area contributed by atoms with Crippen molar-refractivity contribution in [3.8, 4) is 0 Å². The maximum absolute atomic E-state index is 12.8. The van der Waals surface area contributed by atoms with E-state index in [4.69, 9.17) is 14.2 Å². The van der Waals surface area contributed by atoms with Gasteiger partial charge in [-0.1, -0.05) is 213 Å². The van der Waals surface area contributed by atoms with Crippen LogP contribution in [0.1, 0.15) is 239 Å². The van der Waals surface area contributed by atoms with Crippen LogP contribution in [0.5, 0.6) is 0 Å². The maximum atomic E-state index is 12.8. The minimum absolute atomic E-state index is 0.121. The number of hydrogen-bond acceptors (Lipinski definition) is 6. The summed E-state index contributed by atoms with van der Waals surface area (Å²) in [5, 5.41) is 0. The summed E-state index contributed by atoms with van der Waals surface area (Å²) in [5.41, 5.74) is 0. The third-order valence-corrected chi connectivity index (χ3v) is 11.4. The predicted molar refractivity (Wildman–Crippen MR) is 297 cm³/mol. The van der Waals surface area contributed by atoms with Gasteiger partial charge >= 0.3 is 17.9 Å². The van der Waals surface area contributed by atoms with Crippen molar-refractivity contribution in [1.82, 2.24) is 0 Å². The molecule has 1 atom stereocenters. The Labute approximate surface area is 424 Å². The van der Waals surface area contributed by atoms with Crippen molar-refractivity contribution < 1.29 is 28.6 Å². The van der Waals surface area contributed by atoms with E-state index in [0.29, 0.717) is 19.3 Å². The molecule has 0 fully saturated rings. The molecule has 0 saturated carbocycles. The summed E-state index contributed by atoms with van der Waals surface area (Å²) in [6.45, 7) is 6.46. The van der Waals surface area contributed by atoms with Crippen molar-refractivity contribution in [2.75, 3.05) is 13.2 Å². The van der Waals surface area contributed by atoms with Crippen LogP contribution in [0.4, 0.5) is 0 Å². The van der Waals surface area contributed by atoms with Crippen LogP contribution in [0.2, 0.25) is 0 Å². The first-order chi connectivity index (χ1) is 34.0. The Morgan fingerprint density at radius 1 is 0.290 bits per heavy atom. The van der Waals surface area contributed by atoms with Crippen LogP contribution in [-0.4, -0.2) is 37.2 Å². The number of ether oxygens (including phenoxy) is 3. The molecule has 0 amide bonds. The van der Waals surface area contributed by atoms with Gasteiger partial charge in [-0.3, -0.25) is 14.4 Å². The molecular formula is C63H102O6. The summed E-state index contributed by atoms with van der Waals surface area (Å²) in [6.07, 6.45) is 77.6. The highest BCUT2D eigenvalue weighted by Gasteiger charge is 2.19. The molecule has 0 saturated heterocycles. The van der Waals surface area contributed by atoms with Crippen LogP contribution in [0.3, 0.4) is 0 Å². The number of hydrogen-bond donors (Lipinski definition) is 0. The molecule has 0 aliphatic rings. The molecule has 0 heterocycles. The predicted octanol–water partition coefficient (Wildman–Crippen LogP) is 18.9. The lowest BCUT2D eigenvalue weighted by Gasteiger charge is -2.18. The SMILES string of the molecule is CCCCC/C=C\C/C=C\C/C=C\C/C=C\C/C=C\CCC(=O)OC[C@H](COC(=O)CCCCCCC/C=C\CCCCCC)OC(=O)CCCCC/C=C\C/C=C\C/C=C\C/C=C\CCCCC. The van der Waals surface area contributed by atoms with Gasteiger partial charge in [0, 0.05) is 19.3 Å². The second-order valence-corrected chi connectivity index (χ2v) is 18.1. The second kappa shape index (κ2) is 56.4. The van der Waals surface area contributed by atoms with Crippen LogP contribution in [-0.2, 0) is 28.6 Å². The molecule has 0 aromatic heterocycles. The monoisotopic (exact) mass is 955 g/mol. The van der Waals surface area contributed by atoms with E-state index in [1.54, 1.807) is 0 Å². The number of rotatable bonds is 49. The largest absolute Gasteiger partial charge is 0.462 e. The standard InChI is InChI=1S/C63H102O6/c1-4-7-10-13-16-19-22-25-27-29-31-33-35-38-41-44-47-50-53-56-62(65)68-59-60(58-67-61(64)55-52-49-46-43-40-37-24-21-18-15-12-9-6-3)69-63(66)57-54-51-48-45-42-39-36-34-32-30-28-26-23-20-17-14-11-8-5-2/h16-17,19-21,24-28,31-34,38-39,41-42,47,50,60H,4-15,18,22-23,29-30,35-37,40,43-46,48-49,51-59H2,1-3H3/b19-16-,20-17-,24-21-,27-25-,28-26-,33-31-,34-32-,41-38-,42-39-,50-47-/t60-/m0/s1. The average Bonchev–Trinajstić information content (AvgIpc) is 3.35. The van der Waals surface area contributed by atoms with E-state index in [0.717, 1.165) is 96.3 Å². The van der Waals surface area contributed by atoms with Crippen molar-refractivity contribution in [3.05, 3.63) is 122 Å². The maximum Gasteiger partial charge on any atom is 0.306 e. The first kappa shape index (κ1) is 64.8. The molecule has 6 nitrogen and oxygen atoms in total. The number of esters is 3. The van der Waals surface area contributed by atoms with E-state index in [1.807, 2.05) is 6.08 Å². The zero-order valence-corrected chi connectivity index (χ0v) is 44.5. The van der Waals surface area contributed by atoms with Gasteiger partial charge in [0.2, 0.25) is 0 Å². The summed E-state index contributed by atoms with van der Waals surface area (Å²) in [7, 11) is 0. The first-order valence-electron chi connectivity index (χ1n) is 28.0. The van der Waals surface area contributed by atoms with E-state index in [2.05, 4.69) is 136 Å². The van der Waals surface area contributed by atoms with Crippen LogP contribution >= 0.6 is 0 Å². The van der Waals surface area contributed by atoms with Gasteiger partial charge in [0.1, 0.15) is 13.2 Å². The molecule has 0 spiro atoms. The van der Waals surface area contributed by atoms with E-state index < -0.39 is 6.10 Å². The van der Waals surface area contributed by atoms with E-state index in [-0.39, 0.29) is 44.0 Å². The van der Waals surface area contributed by atoms with E-state index in [9.17, 15) is 14.4 Å². The van der Waals surface area contributed by atoms with E-state index >= 15 is 0 Å². The third-order valence-electron chi connectivity index (χ3n) is 11.4. The Balaban J connectivity index is 4.58. The second-order valence-electron chi connectivity index (χ2n) is 18.1. The third kappa shape index (κ3) is 54.6. The summed E-state index contributed by atoms with van der Waals surface area (Å²) in [5.74, 6) is -1.05. The quantitative estimate of drug-likeness (QED) is 0.0262. The van der Waals surface area contributed by atoms with Crippen LogP contribution in [0.15, 0.2) is 122 Å². The zero-order chi connectivity index (χ0) is 50.0. The highest BCUT2D eigenvalue weighted by molar-refractivity contribution is 5.71. The van der Waals surface area contributed by atoms with Gasteiger partial charge < -0.3 is 14.2 Å². The highest BCUT2D eigenvalue weighted by Crippen LogP contribution is 2.12. The number of carbonyl (C=O) groups excluding carboxylic acids is 3. The molecule has 0 bridgehead atoms. The molecule has 0 aromatic rings. The number of unbranched alkanes of at least 4 members (excludes halogenated alkanes) is 18. The van der Waals surface area contributed by atoms with Crippen LogP contribution < -0.4 is 0 Å². The van der Waals surface area contributed by atoms with Crippen molar-refractivity contribution in [3.63, 3.8) is 0 Å². The normalized spacial score (nSPS) is 13.0. The lowest BCUT2D eigenvalue weighted by molar-refractivity contribution is -0.166. The Morgan fingerprint density at radius 2 is 0.551 bits per heavy atom. The molecule has 6 heteroatoms. The molecular weight excluding hydrogens is 853 g/mol. The Bertz CT molecular complexity index is 1470. The van der Waals surface area contributed by atoms with Crippen molar-refractivity contribution >= 4 is 17.9 Å². The molecule has 0 unspecified atom stereocenters. The van der Waals surface area contributed by atoms with Gasteiger partial charge in [0.05, 0.1) is 0 Å². The minimum atomic E-state index is -0.832. The Kier molecular flexibility index (Phi) is 53.0. The summed E-state index contributed by atoms with van der Waals surface area (Å²) < 4.78 is 16.7. The molecule has 0 aliphatic carbocycles. The van der Waals surface area contributed by atoms with Crippen molar-refractivity contribution in [2.45, 2.75) is 245 Å². The fraction of sp³-hybridized carbons (Fsp3) is 0.635. The van der Waals surface area contributed by atoms with Crippen LogP contribution in [0, 0.1) is 0 Å². The molecule has 0 rings (SSSR count). The summed E-state index contributed by atoms with van der Waals surface area (Å²) in [4.78, 5) is 38.1. The van der Waals surface area contributed by atoms with Gasteiger partial charge in [-0.05, 0) is 128 Å². The fourth-order valence-corrected chi connectivity index (χ4v) is 7.17. The molecule has 0 aromatic carbocycles. The smallest absolute Gasteiger partial charge is 0.306 e. The average molecular weight is 956 g/mol. The van der Waals surface area contributed by atoms with Crippen molar-refractivity contribution in [1.29, 1.82) is 0 Å². The van der Waals surface area contributed by atoms with Gasteiger partial charge in [-0.15, -0.1) is 0 Å². The van der Waals surface area contributed by atoms with Gasteiger partial charge in [0.15, 0.2) is 6.10 Å². The fourth-order valence-electron chi connectivity index (χ4n) is 7.17. The highest BCUT2D eigenvalue weighted by atomic mass is 16.6. The first-order valence-corrected chi connectivity index (χ1v) is 28.0.